The van der Waals surface area contributed by atoms with Gasteiger partial charge in [-0.25, -0.2) is 0 Å². The van der Waals surface area contributed by atoms with E-state index in [1.807, 2.05) is 31.2 Å². The van der Waals surface area contributed by atoms with E-state index in [1.165, 1.54) is 44.9 Å². The van der Waals surface area contributed by atoms with Crippen LogP contribution in [0.4, 0.5) is 5.69 Å². The second kappa shape index (κ2) is 11.7. The van der Waals surface area contributed by atoms with Gasteiger partial charge >= 0.3 is 11.8 Å². The largest absolute Gasteiger partial charge is 0.345 e. The highest BCUT2D eigenvalue weighted by Crippen LogP contribution is 2.18. The first kappa shape index (κ1) is 20.5. The maximum atomic E-state index is 12.4. The van der Waals surface area contributed by atoms with Gasteiger partial charge in [0.15, 0.2) is 0 Å². The zero-order valence-electron chi connectivity index (χ0n) is 16.2. The van der Waals surface area contributed by atoms with Crippen LogP contribution >= 0.6 is 0 Å². The monoisotopic (exact) mass is 358 g/mol. The molecule has 0 bridgehead atoms. The molecule has 1 aliphatic carbocycles. The zero-order chi connectivity index (χ0) is 18.6. The van der Waals surface area contributed by atoms with Crippen molar-refractivity contribution in [2.24, 2.45) is 0 Å². The molecular weight excluding hydrogens is 324 g/mol. The van der Waals surface area contributed by atoms with Crippen LogP contribution in [0.1, 0.15) is 83.1 Å². The summed E-state index contributed by atoms with van der Waals surface area (Å²) >= 11 is 0. The third-order valence-corrected chi connectivity index (χ3v) is 5.29. The van der Waals surface area contributed by atoms with E-state index in [1.54, 1.807) is 0 Å². The molecule has 0 saturated heterocycles. The van der Waals surface area contributed by atoms with Crippen molar-refractivity contribution in [1.29, 1.82) is 0 Å². The molecule has 2 amide bonds. The van der Waals surface area contributed by atoms with Crippen molar-refractivity contribution in [2.75, 3.05) is 5.32 Å². The second-order valence-electron chi connectivity index (χ2n) is 7.39. The molecule has 1 saturated carbocycles. The Kier molecular flexibility index (Phi) is 9.22. The maximum Gasteiger partial charge on any atom is 0.313 e. The Morgan fingerprint density at radius 2 is 1.38 bits per heavy atom. The molecule has 1 aromatic rings. The van der Waals surface area contributed by atoms with Gasteiger partial charge in [-0.15, -0.1) is 0 Å². The predicted octanol–water partition coefficient (Wildman–Crippen LogP) is 4.98. The number of aryl methyl sites for hydroxylation is 1. The Balaban J connectivity index is 1.87. The van der Waals surface area contributed by atoms with E-state index < -0.39 is 11.8 Å². The summed E-state index contributed by atoms with van der Waals surface area (Å²) in [6, 6.07) is 7.76. The van der Waals surface area contributed by atoms with Gasteiger partial charge in [-0.3, -0.25) is 9.59 Å². The van der Waals surface area contributed by atoms with Gasteiger partial charge in [-0.2, -0.15) is 0 Å². The molecular formula is C22H34N2O2. The fourth-order valence-corrected chi connectivity index (χ4v) is 3.69. The lowest BCUT2D eigenvalue weighted by Gasteiger charge is -2.19. The topological polar surface area (TPSA) is 58.2 Å². The van der Waals surface area contributed by atoms with E-state index in [2.05, 4.69) is 10.6 Å². The zero-order valence-corrected chi connectivity index (χ0v) is 16.2. The van der Waals surface area contributed by atoms with Crippen LogP contribution in [0.15, 0.2) is 24.3 Å². The lowest BCUT2D eigenvalue weighted by atomic mass is 9.98. The standard InChI is InChI=1S/C22H34N2O2/c1-2-18-14-12-13-17-20(18)24-22(26)21(25)23-19-15-10-8-6-4-3-5-7-9-11-16-19/h12-14,17,19H,2-11,15-16H2,1H3,(H,23,25)(H,24,26). The first-order valence-corrected chi connectivity index (χ1v) is 10.4. The summed E-state index contributed by atoms with van der Waals surface area (Å²) in [7, 11) is 0. The molecule has 26 heavy (non-hydrogen) atoms. The van der Waals surface area contributed by atoms with Crippen molar-refractivity contribution in [3.63, 3.8) is 0 Å². The first-order chi connectivity index (χ1) is 12.7. The van der Waals surface area contributed by atoms with Crippen molar-refractivity contribution in [1.82, 2.24) is 5.32 Å². The molecule has 2 rings (SSSR count). The number of rotatable bonds is 3. The first-order valence-electron chi connectivity index (χ1n) is 10.4. The van der Waals surface area contributed by atoms with Crippen LogP contribution in [0, 0.1) is 0 Å². The van der Waals surface area contributed by atoms with Gasteiger partial charge in [0, 0.05) is 11.7 Å². The summed E-state index contributed by atoms with van der Waals surface area (Å²) in [5.41, 5.74) is 1.77. The number of hydrogen-bond acceptors (Lipinski definition) is 2. The van der Waals surface area contributed by atoms with E-state index in [9.17, 15) is 9.59 Å². The fourth-order valence-electron chi connectivity index (χ4n) is 3.69. The summed E-state index contributed by atoms with van der Waals surface area (Å²) < 4.78 is 0. The Hall–Kier alpha value is -1.84. The predicted molar refractivity (Wildman–Crippen MR) is 107 cm³/mol. The number of nitrogens with one attached hydrogen (secondary N) is 2. The molecule has 1 fully saturated rings. The van der Waals surface area contributed by atoms with Crippen LogP contribution in [0.25, 0.3) is 0 Å². The number of benzene rings is 1. The summed E-state index contributed by atoms with van der Waals surface area (Å²) in [5, 5.41) is 5.75. The molecule has 0 radical (unpaired) electrons. The van der Waals surface area contributed by atoms with E-state index in [0.717, 1.165) is 43.4 Å². The van der Waals surface area contributed by atoms with Gasteiger partial charge < -0.3 is 10.6 Å². The highest BCUT2D eigenvalue weighted by atomic mass is 16.2. The summed E-state index contributed by atoms with van der Waals surface area (Å²) in [6.07, 6.45) is 14.1. The number of hydrogen-bond donors (Lipinski definition) is 2. The van der Waals surface area contributed by atoms with Gasteiger partial charge in [0.05, 0.1) is 0 Å². The maximum absolute atomic E-state index is 12.4. The van der Waals surface area contributed by atoms with E-state index >= 15 is 0 Å². The second-order valence-corrected chi connectivity index (χ2v) is 7.39. The van der Waals surface area contributed by atoms with Gasteiger partial charge in [0.25, 0.3) is 0 Å². The molecule has 0 atom stereocenters. The number of anilines is 1. The average Bonchev–Trinajstić information content (AvgIpc) is 2.64. The highest BCUT2D eigenvalue weighted by molar-refractivity contribution is 6.39. The summed E-state index contributed by atoms with van der Waals surface area (Å²) in [5.74, 6) is -1.06. The molecule has 0 heterocycles. The molecule has 0 aromatic heterocycles. The number of para-hydroxylation sites is 1. The van der Waals surface area contributed by atoms with Crippen molar-refractivity contribution >= 4 is 17.5 Å². The van der Waals surface area contributed by atoms with Crippen LogP contribution in [0.2, 0.25) is 0 Å². The highest BCUT2D eigenvalue weighted by Gasteiger charge is 2.19. The van der Waals surface area contributed by atoms with Gasteiger partial charge in [-0.1, -0.05) is 82.9 Å². The van der Waals surface area contributed by atoms with E-state index in [0.29, 0.717) is 0 Å². The number of carbonyl (C=O) groups is 2. The van der Waals surface area contributed by atoms with Crippen LogP contribution < -0.4 is 10.6 Å². The number of carbonyl (C=O) groups excluding carboxylic acids is 2. The summed E-state index contributed by atoms with van der Waals surface area (Å²) in [4.78, 5) is 24.7. The molecule has 0 unspecified atom stereocenters. The van der Waals surface area contributed by atoms with Crippen LogP contribution in [0.3, 0.4) is 0 Å². The Labute approximate surface area is 158 Å². The Morgan fingerprint density at radius 1 is 0.846 bits per heavy atom. The normalized spacial score (nSPS) is 17.6. The number of amides is 2. The van der Waals surface area contributed by atoms with Crippen LogP contribution in [-0.2, 0) is 16.0 Å². The molecule has 4 heteroatoms. The molecule has 4 nitrogen and oxygen atoms in total. The van der Waals surface area contributed by atoms with Crippen LogP contribution in [-0.4, -0.2) is 17.9 Å². The third kappa shape index (κ3) is 7.19. The van der Waals surface area contributed by atoms with Gasteiger partial charge in [0.2, 0.25) is 0 Å². The molecule has 1 aromatic carbocycles. The van der Waals surface area contributed by atoms with E-state index in [4.69, 9.17) is 0 Å². The third-order valence-electron chi connectivity index (χ3n) is 5.29. The molecule has 0 aliphatic heterocycles. The van der Waals surface area contributed by atoms with Crippen molar-refractivity contribution in [3.05, 3.63) is 29.8 Å². The summed E-state index contributed by atoms with van der Waals surface area (Å²) in [6.45, 7) is 2.04. The smallest absolute Gasteiger partial charge is 0.313 e. The molecule has 144 valence electrons. The van der Waals surface area contributed by atoms with E-state index in [-0.39, 0.29) is 6.04 Å². The lowest BCUT2D eigenvalue weighted by Crippen LogP contribution is -2.42. The Bertz CT molecular complexity index is 559. The molecule has 0 spiro atoms. The molecule has 2 N–H and O–H groups in total. The SMILES string of the molecule is CCc1ccccc1NC(=O)C(=O)NC1CCCCCCCCCCC1. The van der Waals surface area contributed by atoms with Gasteiger partial charge in [-0.05, 0) is 30.9 Å². The molecule has 1 aliphatic rings. The van der Waals surface area contributed by atoms with Gasteiger partial charge in [0.1, 0.15) is 0 Å². The minimum absolute atomic E-state index is 0.120. The van der Waals surface area contributed by atoms with Crippen molar-refractivity contribution in [2.45, 2.75) is 90.0 Å². The lowest BCUT2D eigenvalue weighted by molar-refractivity contribution is -0.136. The fraction of sp³-hybridized carbons (Fsp3) is 0.636. The minimum atomic E-state index is -0.558. The average molecular weight is 359 g/mol. The Morgan fingerprint density at radius 3 is 1.96 bits per heavy atom. The van der Waals surface area contributed by atoms with Crippen molar-refractivity contribution < 1.29 is 9.59 Å². The quantitative estimate of drug-likeness (QED) is 0.749. The van der Waals surface area contributed by atoms with Crippen molar-refractivity contribution in [3.8, 4) is 0 Å². The van der Waals surface area contributed by atoms with Crippen LogP contribution in [0.5, 0.6) is 0 Å². The minimum Gasteiger partial charge on any atom is -0.345 e.